The minimum atomic E-state index is -0.400. The van der Waals surface area contributed by atoms with Crippen LogP contribution >= 0.6 is 11.8 Å². The Hall–Kier alpha value is -1.93. The van der Waals surface area contributed by atoms with Gasteiger partial charge in [0.25, 0.3) is 5.22 Å². The quantitative estimate of drug-likeness (QED) is 0.816. The number of nitrogens with one attached hydrogen (secondary N) is 1. The molecule has 0 atom stereocenters. The zero-order valence-corrected chi connectivity index (χ0v) is 11.5. The minimum Gasteiger partial charge on any atom is -0.415 e. The molecule has 0 bridgehead atoms. The van der Waals surface area contributed by atoms with E-state index >= 15 is 0 Å². The molecule has 0 fully saturated rings. The van der Waals surface area contributed by atoms with Crippen molar-refractivity contribution in [3.63, 3.8) is 0 Å². The number of amides is 1. The molecule has 1 amide bonds. The molecule has 0 unspecified atom stereocenters. The van der Waals surface area contributed by atoms with E-state index in [1.54, 1.807) is 13.0 Å². The number of halogens is 1. The Labute approximate surface area is 118 Å². The molecule has 1 aromatic heterocycles. The molecule has 2 rings (SSSR count). The minimum absolute atomic E-state index is 0.0855. The average molecular weight is 296 g/mol. The lowest BCUT2D eigenvalue weighted by molar-refractivity contribution is -0.113. The van der Waals surface area contributed by atoms with Gasteiger partial charge in [-0.05, 0) is 24.6 Å². The van der Waals surface area contributed by atoms with Gasteiger partial charge < -0.3 is 15.5 Å². The molecule has 0 radical (unpaired) electrons. The van der Waals surface area contributed by atoms with E-state index < -0.39 is 5.82 Å². The van der Waals surface area contributed by atoms with E-state index in [9.17, 15) is 9.18 Å². The first-order valence-electron chi connectivity index (χ1n) is 5.79. The summed E-state index contributed by atoms with van der Waals surface area (Å²) in [4.78, 5) is 11.8. The van der Waals surface area contributed by atoms with Crippen LogP contribution in [-0.2, 0) is 11.3 Å². The Kier molecular flexibility index (Phi) is 4.70. The van der Waals surface area contributed by atoms with Gasteiger partial charge in [0.15, 0.2) is 0 Å². The Morgan fingerprint density at radius 2 is 2.30 bits per heavy atom. The second-order valence-electron chi connectivity index (χ2n) is 3.96. The fourth-order valence-electron chi connectivity index (χ4n) is 1.42. The molecule has 20 heavy (non-hydrogen) atoms. The number of benzene rings is 1. The van der Waals surface area contributed by atoms with Crippen LogP contribution in [0.3, 0.4) is 0 Å². The van der Waals surface area contributed by atoms with E-state index in [2.05, 4.69) is 15.5 Å². The summed E-state index contributed by atoms with van der Waals surface area (Å²) in [5, 5.41) is 10.3. The maximum Gasteiger partial charge on any atom is 0.277 e. The van der Waals surface area contributed by atoms with Gasteiger partial charge in [0.2, 0.25) is 11.8 Å². The topological polar surface area (TPSA) is 94.0 Å². The summed E-state index contributed by atoms with van der Waals surface area (Å²) in [6.45, 7) is 1.94. The van der Waals surface area contributed by atoms with Gasteiger partial charge in [0.1, 0.15) is 5.82 Å². The Balaban J connectivity index is 1.90. The smallest absolute Gasteiger partial charge is 0.277 e. The number of nitrogens with zero attached hydrogens (tertiary/aromatic N) is 2. The largest absolute Gasteiger partial charge is 0.415 e. The SMILES string of the molecule is Cc1ccc(F)cc1NC(=O)CSc1nnc(CN)o1. The zero-order chi connectivity index (χ0) is 14.5. The summed E-state index contributed by atoms with van der Waals surface area (Å²) >= 11 is 1.09. The number of rotatable bonds is 5. The van der Waals surface area contributed by atoms with Gasteiger partial charge in [-0.2, -0.15) is 0 Å². The predicted octanol–water partition coefficient (Wildman–Crippen LogP) is 1.71. The van der Waals surface area contributed by atoms with Crippen molar-refractivity contribution < 1.29 is 13.6 Å². The van der Waals surface area contributed by atoms with Crippen molar-refractivity contribution in [3.05, 3.63) is 35.5 Å². The molecule has 6 nitrogen and oxygen atoms in total. The Morgan fingerprint density at radius 3 is 3.00 bits per heavy atom. The van der Waals surface area contributed by atoms with Gasteiger partial charge in [0.05, 0.1) is 12.3 Å². The standard InChI is InChI=1S/C12H13FN4O2S/c1-7-2-3-8(13)4-9(7)15-10(18)6-20-12-17-16-11(5-14)19-12/h2-4H,5-6,14H2,1H3,(H,15,18). The summed E-state index contributed by atoms with van der Waals surface area (Å²) in [5.41, 5.74) is 6.56. The van der Waals surface area contributed by atoms with Crippen molar-refractivity contribution in [2.24, 2.45) is 5.73 Å². The fraction of sp³-hybridized carbons (Fsp3) is 0.250. The highest BCUT2D eigenvalue weighted by Crippen LogP contribution is 2.19. The van der Waals surface area contributed by atoms with Crippen molar-refractivity contribution in [1.29, 1.82) is 0 Å². The summed E-state index contributed by atoms with van der Waals surface area (Å²) in [6.07, 6.45) is 0. The number of aromatic nitrogens is 2. The van der Waals surface area contributed by atoms with Gasteiger partial charge in [-0.25, -0.2) is 4.39 Å². The van der Waals surface area contributed by atoms with E-state index in [-0.39, 0.29) is 23.4 Å². The molecule has 0 spiro atoms. The summed E-state index contributed by atoms with van der Waals surface area (Å²) < 4.78 is 18.2. The lowest BCUT2D eigenvalue weighted by Gasteiger charge is -2.07. The lowest BCUT2D eigenvalue weighted by atomic mass is 10.2. The molecule has 1 heterocycles. The number of thioether (sulfide) groups is 1. The van der Waals surface area contributed by atoms with Crippen molar-refractivity contribution in [2.75, 3.05) is 11.1 Å². The van der Waals surface area contributed by atoms with Crippen LogP contribution in [-0.4, -0.2) is 21.9 Å². The summed E-state index contributed by atoms with van der Waals surface area (Å²) in [5.74, 6) is -0.282. The van der Waals surface area contributed by atoms with Crippen LogP contribution in [0.15, 0.2) is 27.8 Å². The molecule has 3 N–H and O–H groups in total. The van der Waals surface area contributed by atoms with Crippen LogP contribution < -0.4 is 11.1 Å². The number of carbonyl (C=O) groups excluding carboxylic acids is 1. The molecule has 0 saturated carbocycles. The average Bonchev–Trinajstić information content (AvgIpc) is 2.89. The number of hydrogen-bond acceptors (Lipinski definition) is 6. The molecule has 0 aliphatic rings. The number of nitrogens with two attached hydrogens (primary N) is 1. The highest BCUT2D eigenvalue weighted by molar-refractivity contribution is 7.99. The third-order valence-electron chi connectivity index (χ3n) is 2.42. The first kappa shape index (κ1) is 14.5. The first-order valence-corrected chi connectivity index (χ1v) is 6.78. The molecular formula is C12H13FN4O2S. The third-order valence-corrected chi connectivity index (χ3v) is 3.24. The maximum absolute atomic E-state index is 13.1. The second-order valence-corrected chi connectivity index (χ2v) is 4.89. The molecular weight excluding hydrogens is 283 g/mol. The normalized spacial score (nSPS) is 10.6. The number of anilines is 1. The van der Waals surface area contributed by atoms with E-state index in [0.717, 1.165) is 17.3 Å². The number of carbonyl (C=O) groups is 1. The van der Waals surface area contributed by atoms with E-state index in [1.807, 2.05) is 0 Å². The Morgan fingerprint density at radius 1 is 1.50 bits per heavy atom. The van der Waals surface area contributed by atoms with Crippen LogP contribution in [0.4, 0.5) is 10.1 Å². The first-order chi connectivity index (χ1) is 9.58. The van der Waals surface area contributed by atoms with Crippen molar-refractivity contribution in [3.8, 4) is 0 Å². The maximum atomic E-state index is 13.1. The Bertz CT molecular complexity index is 617. The van der Waals surface area contributed by atoms with Gasteiger partial charge in [-0.1, -0.05) is 17.8 Å². The third kappa shape index (κ3) is 3.78. The van der Waals surface area contributed by atoms with E-state index in [1.165, 1.54) is 12.1 Å². The van der Waals surface area contributed by atoms with Gasteiger partial charge in [0, 0.05) is 5.69 Å². The summed E-state index contributed by atoms with van der Waals surface area (Å²) in [6, 6.07) is 4.22. The number of aryl methyl sites for hydroxylation is 1. The van der Waals surface area contributed by atoms with Crippen LogP contribution in [0.1, 0.15) is 11.5 Å². The molecule has 1 aromatic carbocycles. The monoisotopic (exact) mass is 296 g/mol. The van der Waals surface area contributed by atoms with Gasteiger partial charge in [-0.15, -0.1) is 10.2 Å². The van der Waals surface area contributed by atoms with E-state index in [4.69, 9.17) is 10.2 Å². The number of hydrogen-bond donors (Lipinski definition) is 2. The van der Waals surface area contributed by atoms with Crippen LogP contribution in [0.25, 0.3) is 0 Å². The highest BCUT2D eigenvalue weighted by atomic mass is 32.2. The lowest BCUT2D eigenvalue weighted by Crippen LogP contribution is -2.15. The van der Waals surface area contributed by atoms with Crippen LogP contribution in [0, 0.1) is 12.7 Å². The zero-order valence-electron chi connectivity index (χ0n) is 10.7. The van der Waals surface area contributed by atoms with Crippen LogP contribution in [0.5, 0.6) is 0 Å². The second kappa shape index (κ2) is 6.49. The summed E-state index contributed by atoms with van der Waals surface area (Å²) in [7, 11) is 0. The molecule has 0 saturated heterocycles. The van der Waals surface area contributed by atoms with Gasteiger partial charge >= 0.3 is 0 Å². The van der Waals surface area contributed by atoms with E-state index in [0.29, 0.717) is 11.6 Å². The highest BCUT2D eigenvalue weighted by Gasteiger charge is 2.10. The van der Waals surface area contributed by atoms with Crippen molar-refractivity contribution in [2.45, 2.75) is 18.7 Å². The molecule has 2 aromatic rings. The van der Waals surface area contributed by atoms with Gasteiger partial charge in [-0.3, -0.25) is 4.79 Å². The molecule has 0 aliphatic carbocycles. The molecule has 106 valence electrons. The molecule has 8 heteroatoms. The predicted molar refractivity (Wildman–Crippen MR) is 72.7 cm³/mol. The molecule has 0 aliphatic heterocycles. The van der Waals surface area contributed by atoms with Crippen molar-refractivity contribution in [1.82, 2.24) is 10.2 Å². The fourth-order valence-corrected chi connectivity index (χ4v) is 2.00. The van der Waals surface area contributed by atoms with Crippen LogP contribution in [0.2, 0.25) is 0 Å². The van der Waals surface area contributed by atoms with Crippen molar-refractivity contribution >= 4 is 23.4 Å².